The molecule has 0 spiro atoms. The van der Waals surface area contributed by atoms with E-state index in [9.17, 15) is 9.59 Å². The first-order chi connectivity index (χ1) is 15.0. The number of benzene rings is 2. The highest BCUT2D eigenvalue weighted by molar-refractivity contribution is 5.87. The highest BCUT2D eigenvalue weighted by atomic mass is 16.5. The van der Waals surface area contributed by atoms with E-state index in [-0.39, 0.29) is 11.8 Å². The van der Waals surface area contributed by atoms with Crippen LogP contribution < -0.4 is 14.8 Å². The van der Waals surface area contributed by atoms with Crippen molar-refractivity contribution in [3.8, 4) is 11.5 Å². The van der Waals surface area contributed by atoms with E-state index in [1.807, 2.05) is 62.4 Å². The number of amides is 2. The first kappa shape index (κ1) is 24.3. The molecule has 0 aliphatic carbocycles. The topological polar surface area (TPSA) is 67.9 Å². The normalized spacial score (nSPS) is 11.5. The molecule has 0 fully saturated rings. The minimum atomic E-state index is -0.496. The first-order valence-electron chi connectivity index (χ1n) is 10.9. The van der Waals surface area contributed by atoms with Gasteiger partial charge in [0.2, 0.25) is 11.8 Å². The molecule has 0 saturated heterocycles. The van der Waals surface area contributed by atoms with Crippen molar-refractivity contribution in [1.29, 1.82) is 0 Å². The number of hydrogen-bond acceptors (Lipinski definition) is 4. The lowest BCUT2D eigenvalue weighted by molar-refractivity contribution is -0.141. The SMILES string of the molecule is CCCNC(=O)C(CC)N(Cc1ccccc1)C(=O)CCc1ccc(OC)c(OC)c1. The number of carbonyl (C=O) groups excluding carboxylic acids is 2. The van der Waals surface area contributed by atoms with E-state index in [1.54, 1.807) is 19.1 Å². The Bertz CT molecular complexity index is 839. The zero-order valence-corrected chi connectivity index (χ0v) is 19.0. The van der Waals surface area contributed by atoms with Gasteiger partial charge in [-0.1, -0.05) is 50.2 Å². The van der Waals surface area contributed by atoms with Crippen LogP contribution in [0.2, 0.25) is 0 Å². The van der Waals surface area contributed by atoms with Crippen LogP contribution in [0.1, 0.15) is 44.2 Å². The lowest BCUT2D eigenvalue weighted by atomic mass is 10.1. The molecule has 1 unspecified atom stereocenters. The number of nitrogens with zero attached hydrogens (tertiary/aromatic N) is 1. The third kappa shape index (κ3) is 7.02. The van der Waals surface area contributed by atoms with E-state index in [0.29, 0.717) is 43.9 Å². The lowest BCUT2D eigenvalue weighted by Gasteiger charge is -2.30. The summed E-state index contributed by atoms with van der Waals surface area (Å²) in [5.41, 5.74) is 1.98. The monoisotopic (exact) mass is 426 g/mol. The van der Waals surface area contributed by atoms with Gasteiger partial charge < -0.3 is 19.7 Å². The fourth-order valence-corrected chi connectivity index (χ4v) is 3.50. The van der Waals surface area contributed by atoms with Gasteiger partial charge in [0.25, 0.3) is 0 Å². The average Bonchev–Trinajstić information content (AvgIpc) is 2.81. The van der Waals surface area contributed by atoms with Crippen molar-refractivity contribution in [3.05, 3.63) is 59.7 Å². The van der Waals surface area contributed by atoms with Crippen LogP contribution in [0.5, 0.6) is 11.5 Å². The Morgan fingerprint density at radius 2 is 1.68 bits per heavy atom. The van der Waals surface area contributed by atoms with E-state index in [2.05, 4.69) is 5.32 Å². The van der Waals surface area contributed by atoms with E-state index in [1.165, 1.54) is 0 Å². The minimum Gasteiger partial charge on any atom is -0.493 e. The van der Waals surface area contributed by atoms with Crippen molar-refractivity contribution in [1.82, 2.24) is 10.2 Å². The number of rotatable bonds is 12. The highest BCUT2D eigenvalue weighted by Crippen LogP contribution is 2.28. The summed E-state index contributed by atoms with van der Waals surface area (Å²) >= 11 is 0. The summed E-state index contributed by atoms with van der Waals surface area (Å²) in [6.07, 6.45) is 2.27. The molecule has 0 radical (unpaired) electrons. The quantitative estimate of drug-likeness (QED) is 0.558. The number of nitrogens with one attached hydrogen (secondary N) is 1. The van der Waals surface area contributed by atoms with E-state index < -0.39 is 6.04 Å². The average molecular weight is 427 g/mol. The number of ether oxygens (including phenoxy) is 2. The van der Waals surface area contributed by atoms with Crippen molar-refractivity contribution in [2.24, 2.45) is 0 Å². The maximum Gasteiger partial charge on any atom is 0.242 e. The summed E-state index contributed by atoms with van der Waals surface area (Å²) in [7, 11) is 3.19. The highest BCUT2D eigenvalue weighted by Gasteiger charge is 2.28. The molecule has 0 aliphatic heterocycles. The van der Waals surface area contributed by atoms with Gasteiger partial charge in [-0.3, -0.25) is 9.59 Å². The molecule has 1 atom stereocenters. The number of methoxy groups -OCH3 is 2. The molecular weight excluding hydrogens is 392 g/mol. The molecule has 1 N–H and O–H groups in total. The molecule has 0 aliphatic rings. The van der Waals surface area contributed by atoms with Crippen LogP contribution >= 0.6 is 0 Å². The van der Waals surface area contributed by atoms with Gasteiger partial charge in [-0.15, -0.1) is 0 Å². The Kier molecular flexibility index (Phi) is 9.88. The molecule has 2 rings (SSSR count). The predicted octanol–water partition coefficient (Wildman–Crippen LogP) is 3.97. The smallest absolute Gasteiger partial charge is 0.242 e. The molecule has 0 bridgehead atoms. The Morgan fingerprint density at radius 1 is 0.968 bits per heavy atom. The van der Waals surface area contributed by atoms with Gasteiger partial charge in [0.15, 0.2) is 11.5 Å². The molecule has 6 nitrogen and oxygen atoms in total. The zero-order chi connectivity index (χ0) is 22.6. The van der Waals surface area contributed by atoms with Gasteiger partial charge in [0.1, 0.15) is 6.04 Å². The number of aryl methyl sites for hydroxylation is 1. The molecule has 2 amide bonds. The van der Waals surface area contributed by atoms with Gasteiger partial charge in [0, 0.05) is 19.5 Å². The van der Waals surface area contributed by atoms with Gasteiger partial charge in [-0.05, 0) is 42.5 Å². The van der Waals surface area contributed by atoms with Crippen LogP contribution in [0.25, 0.3) is 0 Å². The van der Waals surface area contributed by atoms with Crippen LogP contribution in [0.3, 0.4) is 0 Å². The van der Waals surface area contributed by atoms with Gasteiger partial charge in [-0.25, -0.2) is 0 Å². The molecule has 0 saturated carbocycles. The standard InChI is InChI=1S/C25H34N2O4/c1-5-16-26-25(29)21(6-2)27(18-20-10-8-7-9-11-20)24(28)15-13-19-12-14-22(30-3)23(17-19)31-4/h7-12,14,17,21H,5-6,13,15-16,18H2,1-4H3,(H,26,29). The fraction of sp³-hybridized carbons (Fsp3) is 0.440. The Labute approximate surface area is 185 Å². The minimum absolute atomic E-state index is 0.0443. The molecule has 0 aromatic heterocycles. The lowest BCUT2D eigenvalue weighted by Crippen LogP contribution is -2.49. The Morgan fingerprint density at radius 3 is 2.29 bits per heavy atom. The second-order valence-corrected chi connectivity index (χ2v) is 7.41. The number of carbonyl (C=O) groups is 2. The van der Waals surface area contributed by atoms with Crippen LogP contribution in [-0.4, -0.2) is 43.5 Å². The van der Waals surface area contributed by atoms with Crippen molar-refractivity contribution >= 4 is 11.8 Å². The summed E-state index contributed by atoms with van der Waals surface area (Å²) in [5, 5.41) is 2.94. The van der Waals surface area contributed by atoms with E-state index in [4.69, 9.17) is 9.47 Å². The van der Waals surface area contributed by atoms with Crippen LogP contribution in [0, 0.1) is 0 Å². The van der Waals surface area contributed by atoms with E-state index in [0.717, 1.165) is 17.5 Å². The second kappa shape index (κ2) is 12.6. The summed E-state index contributed by atoms with van der Waals surface area (Å²) in [5.74, 6) is 1.15. The van der Waals surface area contributed by atoms with Crippen LogP contribution in [0.15, 0.2) is 48.5 Å². The molecular formula is C25H34N2O4. The largest absolute Gasteiger partial charge is 0.493 e. The summed E-state index contributed by atoms with van der Waals surface area (Å²) in [6.45, 7) is 4.96. The molecule has 2 aromatic carbocycles. The molecule has 6 heteroatoms. The maximum atomic E-state index is 13.3. The molecule has 31 heavy (non-hydrogen) atoms. The Hall–Kier alpha value is -3.02. The summed E-state index contributed by atoms with van der Waals surface area (Å²) < 4.78 is 10.6. The Balaban J connectivity index is 2.17. The molecule has 0 heterocycles. The first-order valence-corrected chi connectivity index (χ1v) is 10.9. The maximum absolute atomic E-state index is 13.3. The van der Waals surface area contributed by atoms with Gasteiger partial charge in [0.05, 0.1) is 14.2 Å². The fourth-order valence-electron chi connectivity index (χ4n) is 3.50. The number of hydrogen-bond donors (Lipinski definition) is 1. The third-order valence-electron chi connectivity index (χ3n) is 5.21. The predicted molar refractivity (Wildman–Crippen MR) is 122 cm³/mol. The van der Waals surface area contributed by atoms with Gasteiger partial charge in [-0.2, -0.15) is 0 Å². The van der Waals surface area contributed by atoms with Crippen molar-refractivity contribution in [3.63, 3.8) is 0 Å². The summed E-state index contributed by atoms with van der Waals surface area (Å²) in [4.78, 5) is 27.7. The van der Waals surface area contributed by atoms with Crippen LogP contribution in [0.4, 0.5) is 0 Å². The second-order valence-electron chi connectivity index (χ2n) is 7.41. The van der Waals surface area contributed by atoms with Gasteiger partial charge >= 0.3 is 0 Å². The molecule has 2 aromatic rings. The summed E-state index contributed by atoms with van der Waals surface area (Å²) in [6, 6.07) is 15.0. The van der Waals surface area contributed by atoms with Crippen molar-refractivity contribution in [2.45, 2.75) is 52.1 Å². The van der Waals surface area contributed by atoms with E-state index >= 15 is 0 Å². The van der Waals surface area contributed by atoms with Crippen LogP contribution in [-0.2, 0) is 22.6 Å². The van der Waals surface area contributed by atoms with Crippen molar-refractivity contribution in [2.75, 3.05) is 20.8 Å². The zero-order valence-electron chi connectivity index (χ0n) is 19.0. The third-order valence-corrected chi connectivity index (χ3v) is 5.21. The van der Waals surface area contributed by atoms with Crippen molar-refractivity contribution < 1.29 is 19.1 Å². The molecule has 168 valence electrons.